The summed E-state index contributed by atoms with van der Waals surface area (Å²) in [5.41, 5.74) is 4.26. The fraction of sp³-hybridized carbons (Fsp3) is 0.0714. The number of rotatable bonds is 8. The van der Waals surface area contributed by atoms with Crippen LogP contribution in [0.5, 0.6) is 0 Å². The first-order valence-corrected chi connectivity index (χ1v) is 26.5. The van der Waals surface area contributed by atoms with Gasteiger partial charge in [-0.05, 0) is 97.1 Å². The molecule has 4 aliphatic rings. The first-order chi connectivity index (χ1) is 42.9. The molecule has 4 atom stereocenters. The van der Waals surface area contributed by atoms with Gasteiger partial charge in [0, 0.05) is 36.7 Å². The Morgan fingerprint density at radius 3 is 0.900 bits per heavy atom. The normalized spacial score (nSPS) is 19.6. The molecule has 8 aromatic heterocycles. The van der Waals surface area contributed by atoms with Gasteiger partial charge in [0.05, 0.1) is 77.1 Å². The van der Waals surface area contributed by atoms with Crippen molar-refractivity contribution >= 4 is 91.8 Å². The van der Waals surface area contributed by atoms with Crippen LogP contribution in [0.2, 0.25) is 0 Å². The monoisotopic (exact) mass is 1300 g/mol. The third-order valence-electron chi connectivity index (χ3n) is 13.8. The Bertz CT molecular complexity index is 4060. The van der Waals surface area contributed by atoms with Crippen molar-refractivity contribution in [2.24, 2.45) is 20.0 Å². The Kier molecular flexibility index (Phi) is 16.5. The number of anilines is 4. The van der Waals surface area contributed by atoms with Gasteiger partial charge in [0.1, 0.15) is 11.9 Å². The second kappa shape index (κ2) is 24.8. The molecule has 32 nitrogen and oxygen atoms in total. The van der Waals surface area contributed by atoms with E-state index in [0.717, 1.165) is 44.1 Å². The van der Waals surface area contributed by atoms with Crippen LogP contribution < -0.4 is 31.9 Å². The quantitative estimate of drug-likeness (QED) is 0.0393. The summed E-state index contributed by atoms with van der Waals surface area (Å²) in [5, 5.41) is 59.7. The van der Waals surface area contributed by atoms with E-state index in [0.29, 0.717) is 70.4 Å². The molecule has 4 aliphatic heterocycles. The summed E-state index contributed by atoms with van der Waals surface area (Å²) in [4.78, 5) is 87.1. The topological polar surface area (TPSA) is 448 Å². The standard InChI is InChI=1S/2C28H21N12.2NO3.2Zn/c2*1-2-10-18-17(9-1)31-23(32-18)35-25-37-27(21-13-5-7-15-29-21)28(38-25,22-14-6-8-16-30-22)40-26(39-27)36-24-33-19-11-3-4-12-20(19)34-24;2*2-1(3)4;;/h2*1-16H,(H5-,31,32,33,34,35,36,37,38,39,40);;;;/q4*-1;2*+2/t2*27-,28+;;;;. The van der Waals surface area contributed by atoms with E-state index < -0.39 is 32.8 Å². The fourth-order valence-corrected chi connectivity index (χ4v) is 10.4. The second-order valence-corrected chi connectivity index (χ2v) is 19.2. The van der Waals surface area contributed by atoms with Crippen LogP contribution in [0.15, 0.2) is 215 Å². The molecule has 4 aromatic carbocycles. The summed E-state index contributed by atoms with van der Waals surface area (Å²) in [7, 11) is 0. The molecular weight excluding hydrogens is 1260 g/mol. The minimum absolute atomic E-state index is 0. The average Bonchev–Trinajstić information content (AvgIpc) is 1.55. The third kappa shape index (κ3) is 11.4. The molecule has 0 saturated heterocycles. The second-order valence-electron chi connectivity index (χ2n) is 19.2. The molecular formula is C56H42N26O6Zn2. The first kappa shape index (κ1) is 59.8. The molecule has 12 aromatic rings. The van der Waals surface area contributed by atoms with Gasteiger partial charge < -0.3 is 92.5 Å². The van der Waals surface area contributed by atoms with E-state index in [1.54, 1.807) is 24.8 Å². The van der Waals surface area contributed by atoms with Crippen LogP contribution in [0.4, 0.5) is 23.8 Å². The van der Waals surface area contributed by atoms with E-state index in [4.69, 9.17) is 61.2 Å². The van der Waals surface area contributed by atoms with Gasteiger partial charge in [0.2, 0.25) is 23.8 Å². The number of aromatic amines is 4. The number of aromatic nitrogens is 12. The zero-order valence-electron chi connectivity index (χ0n) is 46.5. The molecule has 90 heavy (non-hydrogen) atoms. The number of imidazole rings is 4. The average molecular weight is 1310 g/mol. The number of para-hydroxylation sites is 8. The van der Waals surface area contributed by atoms with Gasteiger partial charge in [0.25, 0.3) is 0 Å². The minimum Gasteiger partial charge on any atom is -0.383 e. The van der Waals surface area contributed by atoms with Crippen LogP contribution in [0.1, 0.15) is 22.8 Å². The number of pyridine rings is 4. The van der Waals surface area contributed by atoms with Gasteiger partial charge in [0.15, 0.2) is 22.7 Å². The number of aliphatic imine (C=N–C) groups is 4. The minimum atomic E-state index is -1.75. The Balaban J connectivity index is 0.000000162. The van der Waals surface area contributed by atoms with Crippen molar-refractivity contribution in [2.45, 2.75) is 22.7 Å². The Hall–Kier alpha value is -11.9. The Labute approximate surface area is 531 Å². The largest absolute Gasteiger partial charge is 2.00 e. The molecule has 0 amide bonds. The van der Waals surface area contributed by atoms with E-state index in [1.165, 1.54) is 0 Å². The van der Waals surface area contributed by atoms with Crippen molar-refractivity contribution in [1.82, 2.24) is 70.4 Å². The maximum absolute atomic E-state index is 8.25. The van der Waals surface area contributed by atoms with E-state index >= 15 is 0 Å². The summed E-state index contributed by atoms with van der Waals surface area (Å²) in [6.45, 7) is 0. The summed E-state index contributed by atoms with van der Waals surface area (Å²) in [5.74, 6) is 3.59. The van der Waals surface area contributed by atoms with Crippen molar-refractivity contribution in [3.8, 4) is 0 Å². The maximum atomic E-state index is 8.25. The van der Waals surface area contributed by atoms with Gasteiger partial charge in [-0.2, -0.15) is 0 Å². The molecule has 34 heteroatoms. The zero-order chi connectivity index (χ0) is 60.3. The van der Waals surface area contributed by atoms with Crippen molar-refractivity contribution in [1.29, 1.82) is 0 Å². The number of fused-ring (bicyclic) bond motifs is 6. The van der Waals surface area contributed by atoms with Crippen LogP contribution in [-0.4, -0.2) is 93.8 Å². The molecule has 0 saturated carbocycles. The molecule has 0 fully saturated rings. The molecule has 12 heterocycles. The van der Waals surface area contributed by atoms with Crippen LogP contribution in [0, 0.1) is 30.6 Å². The number of hydrogen-bond acceptors (Lipinski definition) is 24. The van der Waals surface area contributed by atoms with Crippen molar-refractivity contribution < 1.29 is 49.1 Å². The van der Waals surface area contributed by atoms with Crippen LogP contribution in [-0.2, 0) is 61.6 Å². The SMILES string of the molecule is O=[N+]([O-])[O-].O=[N+]([O-])[O-].[Zn+2].[Zn+2].c1ccc([C@@]23N=C(Nc4nc5ccccc5[nH]4)[N-][C@]2(c2ccccn2)NC(Nc2nc4ccccc4[nH]2)=N3)nc1.c1ccc([C@]23N=C(Nc4nc5ccccc5[nH]4)[N-][C@@]2(c2ccccn2)NC(Nc2nc4ccccc4[nH]2)=N3)nc1. The van der Waals surface area contributed by atoms with E-state index in [2.05, 4.69) is 91.7 Å². The molecule has 0 aliphatic carbocycles. The van der Waals surface area contributed by atoms with Crippen molar-refractivity contribution in [3.05, 3.63) is 259 Å². The Morgan fingerprint density at radius 2 is 0.622 bits per heavy atom. The molecule has 10 N–H and O–H groups in total. The fourth-order valence-electron chi connectivity index (χ4n) is 10.4. The van der Waals surface area contributed by atoms with Gasteiger partial charge >= 0.3 is 39.0 Å². The third-order valence-corrected chi connectivity index (χ3v) is 13.8. The molecule has 436 valence electrons. The number of benzene rings is 4. The van der Waals surface area contributed by atoms with E-state index in [9.17, 15) is 0 Å². The summed E-state index contributed by atoms with van der Waals surface area (Å²) < 4.78 is 0. The van der Waals surface area contributed by atoms with E-state index in [-0.39, 0.29) is 39.0 Å². The molecule has 0 bridgehead atoms. The molecule has 0 unspecified atom stereocenters. The summed E-state index contributed by atoms with van der Waals surface area (Å²) in [6.07, 6.45) is 6.88. The van der Waals surface area contributed by atoms with Gasteiger partial charge in [-0.25, -0.2) is 29.9 Å². The van der Waals surface area contributed by atoms with Gasteiger partial charge in [-0.15, -0.1) is 0 Å². The number of H-pyrrole nitrogens is 4. The first-order valence-electron chi connectivity index (χ1n) is 26.5. The van der Waals surface area contributed by atoms with Crippen LogP contribution in [0.25, 0.3) is 54.8 Å². The molecule has 0 spiro atoms. The number of guanidine groups is 4. The summed E-state index contributed by atoms with van der Waals surface area (Å²) in [6, 6.07) is 53.8. The maximum Gasteiger partial charge on any atom is 2.00 e. The van der Waals surface area contributed by atoms with Crippen LogP contribution in [0.3, 0.4) is 0 Å². The molecule has 16 rings (SSSR count). The number of nitrogens with zero attached hydrogens (tertiary/aromatic N) is 16. The number of nitrogens with one attached hydrogen (secondary N) is 10. The Morgan fingerprint density at radius 1 is 0.356 bits per heavy atom. The predicted molar refractivity (Wildman–Crippen MR) is 326 cm³/mol. The summed E-state index contributed by atoms with van der Waals surface area (Å²) >= 11 is 0. The molecule has 0 radical (unpaired) electrons. The van der Waals surface area contributed by atoms with Crippen molar-refractivity contribution in [2.75, 3.05) is 21.3 Å². The van der Waals surface area contributed by atoms with E-state index in [1.807, 2.05) is 170 Å². The zero-order valence-corrected chi connectivity index (χ0v) is 52.4. The van der Waals surface area contributed by atoms with Gasteiger partial charge in [-0.1, -0.05) is 72.8 Å². The van der Waals surface area contributed by atoms with Crippen LogP contribution >= 0.6 is 0 Å². The predicted octanol–water partition coefficient (Wildman–Crippen LogP) is 7.84. The van der Waals surface area contributed by atoms with Gasteiger partial charge in [-0.3, -0.25) is 30.6 Å². The number of hydrogen-bond donors (Lipinski definition) is 10. The smallest absolute Gasteiger partial charge is 0.383 e. The van der Waals surface area contributed by atoms with Crippen molar-refractivity contribution in [3.63, 3.8) is 0 Å².